The van der Waals surface area contributed by atoms with Crippen molar-refractivity contribution < 1.29 is 9.18 Å². The van der Waals surface area contributed by atoms with Crippen molar-refractivity contribution in [2.45, 2.75) is 26.2 Å². The molecule has 6 heteroatoms. The summed E-state index contributed by atoms with van der Waals surface area (Å²) in [6, 6.07) is 7.32. The topological polar surface area (TPSA) is 70.7 Å². The Morgan fingerprint density at radius 1 is 1.35 bits per heavy atom. The lowest BCUT2D eigenvalue weighted by Gasteiger charge is -2.23. The van der Waals surface area contributed by atoms with Crippen LogP contribution in [0, 0.1) is 12.9 Å². The number of aryl methyl sites for hydroxylation is 1. The van der Waals surface area contributed by atoms with E-state index in [1.807, 2.05) is 25.1 Å². The van der Waals surface area contributed by atoms with E-state index in [2.05, 4.69) is 26.8 Å². The molecule has 0 saturated carbocycles. The third kappa shape index (κ3) is 2.67. The molecule has 2 N–H and O–H groups in total. The van der Waals surface area contributed by atoms with Gasteiger partial charge in [-0.25, -0.2) is 9.97 Å². The zero-order valence-corrected chi connectivity index (χ0v) is 14.7. The third-order valence-corrected chi connectivity index (χ3v) is 4.71. The number of carbonyl (C=O) groups excluding carboxylic acids is 1. The number of para-hydroxylation sites is 1. The molecule has 0 fully saturated rings. The summed E-state index contributed by atoms with van der Waals surface area (Å²) in [6.07, 6.45) is 0.788. The smallest absolute Gasteiger partial charge is 0.253 e. The molecule has 0 saturated heterocycles. The zero-order valence-electron chi connectivity index (χ0n) is 14.7. The number of halogens is 1. The van der Waals surface area contributed by atoms with Crippen LogP contribution < -0.4 is 5.32 Å². The van der Waals surface area contributed by atoms with Gasteiger partial charge < -0.3 is 10.3 Å². The third-order valence-electron chi connectivity index (χ3n) is 4.71. The van der Waals surface area contributed by atoms with Crippen LogP contribution in [0.4, 0.5) is 4.39 Å². The van der Waals surface area contributed by atoms with Gasteiger partial charge in [-0.2, -0.15) is 4.39 Å². The maximum Gasteiger partial charge on any atom is 0.253 e. The van der Waals surface area contributed by atoms with Gasteiger partial charge in [0.2, 0.25) is 5.95 Å². The molecule has 5 nitrogen and oxygen atoms in total. The molecule has 26 heavy (non-hydrogen) atoms. The van der Waals surface area contributed by atoms with Crippen LogP contribution in [-0.4, -0.2) is 27.4 Å². The fourth-order valence-corrected chi connectivity index (χ4v) is 3.50. The fourth-order valence-electron chi connectivity index (χ4n) is 3.50. The molecular weight excluding hydrogens is 331 g/mol. The lowest BCUT2D eigenvalue weighted by atomic mass is 9.92. The summed E-state index contributed by atoms with van der Waals surface area (Å²) in [7, 11) is 0. The highest BCUT2D eigenvalue weighted by molar-refractivity contribution is 5.99. The van der Waals surface area contributed by atoms with E-state index in [0.29, 0.717) is 23.1 Å². The summed E-state index contributed by atoms with van der Waals surface area (Å²) in [5, 5.41) is 2.92. The van der Waals surface area contributed by atoms with Gasteiger partial charge in [0, 0.05) is 29.4 Å². The van der Waals surface area contributed by atoms with Gasteiger partial charge in [-0.1, -0.05) is 17.7 Å². The maximum atomic E-state index is 14.0. The molecule has 0 radical (unpaired) electrons. The molecular formula is C20H19FN4O. The number of hydrogen-bond acceptors (Lipinski definition) is 3. The molecule has 0 spiro atoms. The highest BCUT2D eigenvalue weighted by Gasteiger charge is 2.28. The van der Waals surface area contributed by atoms with Gasteiger partial charge in [0.25, 0.3) is 5.91 Å². The van der Waals surface area contributed by atoms with Gasteiger partial charge in [-0.15, -0.1) is 6.58 Å². The van der Waals surface area contributed by atoms with Crippen LogP contribution in [0.2, 0.25) is 0 Å². The number of H-pyrrole nitrogens is 1. The van der Waals surface area contributed by atoms with E-state index in [0.717, 1.165) is 28.9 Å². The van der Waals surface area contributed by atoms with Crippen molar-refractivity contribution in [2.24, 2.45) is 0 Å². The molecule has 4 rings (SSSR count). The zero-order chi connectivity index (χ0) is 18.4. The Bertz CT molecular complexity index is 1050. The van der Waals surface area contributed by atoms with Gasteiger partial charge in [-0.3, -0.25) is 4.79 Å². The predicted molar refractivity (Wildman–Crippen MR) is 98.5 cm³/mol. The van der Waals surface area contributed by atoms with Gasteiger partial charge in [-0.05, 0) is 32.4 Å². The van der Waals surface area contributed by atoms with Crippen LogP contribution in [0.15, 0.2) is 36.4 Å². The predicted octanol–water partition coefficient (Wildman–Crippen LogP) is 3.87. The number of aromatic amines is 1. The number of amides is 1. The second-order valence-electron chi connectivity index (χ2n) is 6.85. The summed E-state index contributed by atoms with van der Waals surface area (Å²) in [5.41, 5.74) is 5.40. The molecule has 3 heterocycles. The first-order chi connectivity index (χ1) is 12.4. The summed E-state index contributed by atoms with van der Waals surface area (Å²) in [5.74, 6) is -0.540. The quantitative estimate of drug-likeness (QED) is 0.705. The number of nitrogens with zero attached hydrogens (tertiary/aromatic N) is 2. The average Bonchev–Trinajstić information content (AvgIpc) is 3.04. The number of allylic oxidation sites excluding steroid dienone is 1. The van der Waals surface area contributed by atoms with Gasteiger partial charge in [0.05, 0.1) is 16.8 Å². The Labute approximate surface area is 150 Å². The van der Waals surface area contributed by atoms with E-state index in [4.69, 9.17) is 0 Å². The molecule has 2 aromatic heterocycles. The molecule has 1 aromatic carbocycles. The molecule has 1 atom stereocenters. The second kappa shape index (κ2) is 6.05. The minimum absolute atomic E-state index is 0.103. The van der Waals surface area contributed by atoms with Crippen LogP contribution in [0.1, 0.15) is 41.0 Å². The van der Waals surface area contributed by atoms with Crippen molar-refractivity contribution >= 4 is 16.9 Å². The van der Waals surface area contributed by atoms with E-state index in [1.165, 1.54) is 0 Å². The molecule has 1 aliphatic heterocycles. The Morgan fingerprint density at radius 2 is 2.15 bits per heavy atom. The molecule has 0 bridgehead atoms. The number of fused-ring (bicyclic) bond motifs is 2. The number of hydrogen-bond donors (Lipinski definition) is 2. The first-order valence-corrected chi connectivity index (χ1v) is 8.52. The van der Waals surface area contributed by atoms with Crippen molar-refractivity contribution in [2.75, 3.05) is 6.54 Å². The molecule has 1 amide bonds. The monoisotopic (exact) mass is 350 g/mol. The van der Waals surface area contributed by atoms with E-state index in [-0.39, 0.29) is 17.5 Å². The number of aromatic nitrogens is 3. The Balaban J connectivity index is 1.88. The maximum absolute atomic E-state index is 14.0. The van der Waals surface area contributed by atoms with E-state index in [1.54, 1.807) is 13.0 Å². The number of nitrogens with one attached hydrogen (secondary N) is 2. The summed E-state index contributed by atoms with van der Waals surface area (Å²) < 4.78 is 14.0. The van der Waals surface area contributed by atoms with E-state index >= 15 is 0 Å². The van der Waals surface area contributed by atoms with Crippen LogP contribution in [0.3, 0.4) is 0 Å². The van der Waals surface area contributed by atoms with Crippen molar-refractivity contribution in [1.29, 1.82) is 0 Å². The molecule has 1 aliphatic rings. The van der Waals surface area contributed by atoms with Crippen LogP contribution in [-0.2, 0) is 0 Å². The molecule has 3 aromatic rings. The number of rotatable bonds is 3. The lowest BCUT2D eigenvalue weighted by Crippen LogP contribution is -2.34. The Hall–Kier alpha value is -3.02. The molecule has 1 unspecified atom stereocenters. The SMILES string of the molecule is C=C(C)CC1CNC(=O)c2cc(-c3cccc4nc(C)c(F)nc34)[nH]c21. The summed E-state index contributed by atoms with van der Waals surface area (Å²) >= 11 is 0. The minimum Gasteiger partial charge on any atom is -0.357 e. The van der Waals surface area contributed by atoms with Crippen LogP contribution in [0.5, 0.6) is 0 Å². The number of benzene rings is 1. The van der Waals surface area contributed by atoms with Gasteiger partial charge in [0.15, 0.2) is 0 Å². The van der Waals surface area contributed by atoms with Crippen LogP contribution in [0.25, 0.3) is 22.3 Å². The normalized spacial score (nSPS) is 16.4. The van der Waals surface area contributed by atoms with Crippen molar-refractivity contribution in [3.63, 3.8) is 0 Å². The average molecular weight is 350 g/mol. The van der Waals surface area contributed by atoms with Gasteiger partial charge in [0.1, 0.15) is 5.52 Å². The minimum atomic E-state index is -0.584. The van der Waals surface area contributed by atoms with Crippen molar-refractivity contribution in [1.82, 2.24) is 20.3 Å². The fraction of sp³-hybridized carbons (Fsp3) is 0.250. The highest BCUT2D eigenvalue weighted by atomic mass is 19.1. The van der Waals surface area contributed by atoms with Crippen molar-refractivity contribution in [3.05, 3.63) is 59.3 Å². The number of carbonyl (C=O) groups is 1. The standard InChI is InChI=1S/C20H19FN4O/c1-10(2)7-12-9-22-20(26)14-8-16(24-17(12)14)13-5-4-6-15-18(13)25-19(21)11(3)23-15/h4-6,8,12,24H,1,7,9H2,2-3H3,(H,22,26). The van der Waals surface area contributed by atoms with Gasteiger partial charge >= 0.3 is 0 Å². The summed E-state index contributed by atoms with van der Waals surface area (Å²) in [4.78, 5) is 24.0. The summed E-state index contributed by atoms with van der Waals surface area (Å²) in [6.45, 7) is 8.12. The van der Waals surface area contributed by atoms with E-state index in [9.17, 15) is 9.18 Å². The van der Waals surface area contributed by atoms with Crippen molar-refractivity contribution in [3.8, 4) is 11.3 Å². The lowest BCUT2D eigenvalue weighted by molar-refractivity contribution is 0.0940. The van der Waals surface area contributed by atoms with Crippen LogP contribution >= 0.6 is 0 Å². The largest absolute Gasteiger partial charge is 0.357 e. The Morgan fingerprint density at radius 3 is 2.92 bits per heavy atom. The second-order valence-corrected chi connectivity index (χ2v) is 6.85. The first-order valence-electron chi connectivity index (χ1n) is 8.52. The molecule has 0 aliphatic carbocycles. The molecule has 132 valence electrons. The van der Waals surface area contributed by atoms with E-state index < -0.39 is 5.95 Å². The Kier molecular flexibility index (Phi) is 3.83. The first kappa shape index (κ1) is 16.4. The highest BCUT2D eigenvalue weighted by Crippen LogP contribution is 2.34.